The van der Waals surface area contributed by atoms with Gasteiger partial charge in [0.2, 0.25) is 11.7 Å². The molecule has 3 aromatic rings. The van der Waals surface area contributed by atoms with E-state index in [1.54, 1.807) is 6.26 Å². The number of nitrogens with two attached hydrogens (primary N) is 1. The van der Waals surface area contributed by atoms with Crippen molar-refractivity contribution in [2.45, 2.75) is 6.54 Å². The molecule has 17 heavy (non-hydrogen) atoms. The SMILES string of the molecule is NCc1nc(-c2ccc3occ(Br)c3c2)no1. The van der Waals surface area contributed by atoms with Crippen molar-refractivity contribution in [1.29, 1.82) is 0 Å². The molecule has 2 heterocycles. The summed E-state index contributed by atoms with van der Waals surface area (Å²) in [6, 6.07) is 5.69. The van der Waals surface area contributed by atoms with E-state index in [4.69, 9.17) is 14.7 Å². The zero-order chi connectivity index (χ0) is 11.8. The summed E-state index contributed by atoms with van der Waals surface area (Å²) in [6.07, 6.45) is 1.65. The first-order chi connectivity index (χ1) is 8.28. The summed E-state index contributed by atoms with van der Waals surface area (Å²) in [6.45, 7) is 0.241. The Bertz CT molecular complexity index is 674. The largest absolute Gasteiger partial charge is 0.463 e. The Labute approximate surface area is 105 Å². The molecule has 0 radical (unpaired) electrons. The fourth-order valence-electron chi connectivity index (χ4n) is 1.59. The smallest absolute Gasteiger partial charge is 0.240 e. The average Bonchev–Trinajstić information content (AvgIpc) is 2.96. The minimum Gasteiger partial charge on any atom is -0.463 e. The molecular formula is C11H8BrN3O2. The van der Waals surface area contributed by atoms with Crippen molar-refractivity contribution in [2.75, 3.05) is 0 Å². The Hall–Kier alpha value is -1.66. The molecule has 0 spiro atoms. The van der Waals surface area contributed by atoms with Gasteiger partial charge in [-0.15, -0.1) is 0 Å². The van der Waals surface area contributed by atoms with E-state index in [-0.39, 0.29) is 6.54 Å². The lowest BCUT2D eigenvalue weighted by Gasteiger charge is -1.94. The molecule has 0 atom stereocenters. The Morgan fingerprint density at radius 1 is 1.35 bits per heavy atom. The molecule has 0 fully saturated rings. The molecular weight excluding hydrogens is 286 g/mol. The molecule has 1 aromatic carbocycles. The van der Waals surface area contributed by atoms with Crippen LogP contribution < -0.4 is 5.73 Å². The number of furan rings is 1. The number of aromatic nitrogens is 2. The van der Waals surface area contributed by atoms with Crippen molar-refractivity contribution >= 4 is 26.9 Å². The van der Waals surface area contributed by atoms with Crippen LogP contribution in [0.15, 0.2) is 37.9 Å². The van der Waals surface area contributed by atoms with Gasteiger partial charge in [-0.05, 0) is 34.1 Å². The first-order valence-corrected chi connectivity index (χ1v) is 5.77. The van der Waals surface area contributed by atoms with Crippen LogP contribution in [0.25, 0.3) is 22.4 Å². The van der Waals surface area contributed by atoms with Gasteiger partial charge in [-0.1, -0.05) is 5.16 Å². The van der Waals surface area contributed by atoms with Gasteiger partial charge in [-0.2, -0.15) is 4.98 Å². The molecule has 5 nitrogen and oxygen atoms in total. The van der Waals surface area contributed by atoms with E-state index in [2.05, 4.69) is 26.1 Å². The molecule has 6 heteroatoms. The summed E-state index contributed by atoms with van der Waals surface area (Å²) in [5.74, 6) is 0.951. The quantitative estimate of drug-likeness (QED) is 0.786. The Balaban J connectivity index is 2.13. The van der Waals surface area contributed by atoms with Crippen molar-refractivity contribution in [3.63, 3.8) is 0 Å². The maximum atomic E-state index is 5.42. The van der Waals surface area contributed by atoms with Crippen LogP contribution in [0, 0.1) is 0 Å². The number of benzene rings is 1. The number of hydrogen-bond donors (Lipinski definition) is 1. The molecule has 0 saturated carbocycles. The van der Waals surface area contributed by atoms with E-state index in [1.165, 1.54) is 0 Å². The standard InChI is InChI=1S/C11H8BrN3O2/c12-8-5-16-9-2-1-6(3-7(8)9)11-14-10(4-13)17-15-11/h1-3,5H,4,13H2. The monoisotopic (exact) mass is 293 g/mol. The second-order valence-electron chi connectivity index (χ2n) is 3.51. The summed E-state index contributed by atoms with van der Waals surface area (Å²) >= 11 is 3.41. The minimum absolute atomic E-state index is 0.241. The van der Waals surface area contributed by atoms with Gasteiger partial charge in [0.1, 0.15) is 11.8 Å². The van der Waals surface area contributed by atoms with Crippen LogP contribution in [0.2, 0.25) is 0 Å². The van der Waals surface area contributed by atoms with Gasteiger partial charge in [0.05, 0.1) is 11.0 Å². The summed E-state index contributed by atoms with van der Waals surface area (Å²) in [5, 5.41) is 4.84. The van der Waals surface area contributed by atoms with Gasteiger partial charge in [0.15, 0.2) is 0 Å². The predicted molar refractivity (Wildman–Crippen MR) is 65.1 cm³/mol. The van der Waals surface area contributed by atoms with Gasteiger partial charge in [-0.3, -0.25) is 0 Å². The minimum atomic E-state index is 0.241. The molecule has 0 bridgehead atoms. The van der Waals surface area contributed by atoms with Crippen molar-refractivity contribution in [3.8, 4) is 11.4 Å². The molecule has 2 aromatic heterocycles. The Morgan fingerprint density at radius 2 is 2.24 bits per heavy atom. The highest BCUT2D eigenvalue weighted by atomic mass is 79.9. The zero-order valence-electron chi connectivity index (χ0n) is 8.68. The third kappa shape index (κ3) is 1.75. The zero-order valence-corrected chi connectivity index (χ0v) is 10.3. The van der Waals surface area contributed by atoms with Gasteiger partial charge in [-0.25, -0.2) is 0 Å². The molecule has 0 aliphatic carbocycles. The number of nitrogens with zero attached hydrogens (tertiary/aromatic N) is 2. The van der Waals surface area contributed by atoms with E-state index in [0.29, 0.717) is 11.7 Å². The molecule has 0 saturated heterocycles. The molecule has 86 valence electrons. The summed E-state index contributed by atoms with van der Waals surface area (Å²) in [4.78, 5) is 4.17. The van der Waals surface area contributed by atoms with E-state index in [1.807, 2.05) is 18.2 Å². The average molecular weight is 294 g/mol. The molecule has 3 rings (SSSR count). The van der Waals surface area contributed by atoms with Crippen molar-refractivity contribution in [2.24, 2.45) is 5.73 Å². The molecule has 2 N–H and O–H groups in total. The Kier molecular flexibility index (Phi) is 2.45. The van der Waals surface area contributed by atoms with Gasteiger partial charge < -0.3 is 14.7 Å². The van der Waals surface area contributed by atoms with E-state index in [0.717, 1.165) is 21.0 Å². The predicted octanol–water partition coefficient (Wildman–Crippen LogP) is 2.70. The van der Waals surface area contributed by atoms with Gasteiger partial charge in [0, 0.05) is 10.9 Å². The lowest BCUT2D eigenvalue weighted by molar-refractivity contribution is 0.380. The van der Waals surface area contributed by atoms with E-state index in [9.17, 15) is 0 Å². The van der Waals surface area contributed by atoms with Crippen LogP contribution in [0.1, 0.15) is 5.89 Å². The topological polar surface area (TPSA) is 78.1 Å². The summed E-state index contributed by atoms with van der Waals surface area (Å²) in [5.41, 5.74) is 7.09. The van der Waals surface area contributed by atoms with Crippen molar-refractivity contribution in [1.82, 2.24) is 10.1 Å². The van der Waals surface area contributed by atoms with E-state index < -0.39 is 0 Å². The van der Waals surface area contributed by atoms with Gasteiger partial charge in [0.25, 0.3) is 0 Å². The number of rotatable bonds is 2. The highest BCUT2D eigenvalue weighted by Gasteiger charge is 2.10. The fraction of sp³-hybridized carbons (Fsp3) is 0.0909. The summed E-state index contributed by atoms with van der Waals surface area (Å²) < 4.78 is 11.2. The molecule has 0 aliphatic heterocycles. The molecule has 0 unspecified atom stereocenters. The van der Waals surface area contributed by atoms with Crippen LogP contribution in [-0.4, -0.2) is 10.1 Å². The molecule has 0 amide bonds. The van der Waals surface area contributed by atoms with Crippen LogP contribution in [-0.2, 0) is 6.54 Å². The summed E-state index contributed by atoms with van der Waals surface area (Å²) in [7, 11) is 0. The third-order valence-corrected chi connectivity index (χ3v) is 3.04. The maximum absolute atomic E-state index is 5.42. The van der Waals surface area contributed by atoms with Crippen LogP contribution >= 0.6 is 15.9 Å². The normalized spacial score (nSPS) is 11.2. The van der Waals surface area contributed by atoms with Crippen LogP contribution in [0.4, 0.5) is 0 Å². The lowest BCUT2D eigenvalue weighted by atomic mass is 10.1. The fourth-order valence-corrected chi connectivity index (χ4v) is 2.00. The van der Waals surface area contributed by atoms with E-state index >= 15 is 0 Å². The second kappa shape index (κ2) is 3.97. The molecule has 0 aliphatic rings. The second-order valence-corrected chi connectivity index (χ2v) is 4.36. The highest BCUT2D eigenvalue weighted by molar-refractivity contribution is 9.10. The lowest BCUT2D eigenvalue weighted by Crippen LogP contribution is -1.95. The number of halogens is 1. The van der Waals surface area contributed by atoms with Gasteiger partial charge >= 0.3 is 0 Å². The Morgan fingerprint density at radius 3 is 3.00 bits per heavy atom. The number of hydrogen-bond acceptors (Lipinski definition) is 5. The first kappa shape index (κ1) is 10.5. The van der Waals surface area contributed by atoms with Crippen LogP contribution in [0.3, 0.4) is 0 Å². The maximum Gasteiger partial charge on any atom is 0.240 e. The number of fused-ring (bicyclic) bond motifs is 1. The van der Waals surface area contributed by atoms with Crippen LogP contribution in [0.5, 0.6) is 0 Å². The first-order valence-electron chi connectivity index (χ1n) is 4.97. The third-order valence-electron chi connectivity index (χ3n) is 2.43. The highest BCUT2D eigenvalue weighted by Crippen LogP contribution is 2.29. The van der Waals surface area contributed by atoms with Crippen molar-refractivity contribution in [3.05, 3.63) is 34.8 Å². The van der Waals surface area contributed by atoms with Crippen molar-refractivity contribution < 1.29 is 8.94 Å².